The van der Waals surface area contributed by atoms with Crippen molar-refractivity contribution in [1.82, 2.24) is 5.32 Å². The highest BCUT2D eigenvalue weighted by Crippen LogP contribution is 2.16. The first-order valence-corrected chi connectivity index (χ1v) is 5.52. The quantitative estimate of drug-likeness (QED) is 0.662. The Balaban J connectivity index is 2.26. The van der Waals surface area contributed by atoms with Gasteiger partial charge in [-0.3, -0.25) is 9.59 Å². The van der Waals surface area contributed by atoms with E-state index in [4.69, 9.17) is 4.42 Å². The lowest BCUT2D eigenvalue weighted by Gasteiger charge is -2.03. The second-order valence-electron chi connectivity index (χ2n) is 3.04. The van der Waals surface area contributed by atoms with E-state index < -0.39 is 0 Å². The topological polar surface area (TPSA) is 68.5 Å². The molecule has 1 aromatic rings. The smallest absolute Gasteiger partial charge is 0.305 e. The van der Waals surface area contributed by atoms with Gasteiger partial charge in [0.15, 0.2) is 4.67 Å². The van der Waals surface area contributed by atoms with E-state index >= 15 is 0 Å². The second kappa shape index (κ2) is 6.32. The first-order chi connectivity index (χ1) is 7.65. The zero-order valence-electron chi connectivity index (χ0n) is 8.79. The lowest BCUT2D eigenvalue weighted by molar-refractivity contribution is -0.140. The van der Waals surface area contributed by atoms with Crippen LogP contribution in [0.15, 0.2) is 21.4 Å². The molecule has 0 aromatic carbocycles. The number of methoxy groups -OCH3 is 1. The molecule has 1 N–H and O–H groups in total. The number of hydrogen-bond donors (Lipinski definition) is 1. The van der Waals surface area contributed by atoms with E-state index in [2.05, 4.69) is 26.0 Å². The molecule has 0 fully saturated rings. The summed E-state index contributed by atoms with van der Waals surface area (Å²) in [6, 6.07) is 1.57. The summed E-state index contributed by atoms with van der Waals surface area (Å²) in [5, 5.41) is 2.67. The molecular weight excluding hydrogens is 278 g/mol. The monoisotopic (exact) mass is 289 g/mol. The molecule has 1 rings (SSSR count). The van der Waals surface area contributed by atoms with Crippen LogP contribution in [0.25, 0.3) is 0 Å². The summed E-state index contributed by atoms with van der Waals surface area (Å²) in [4.78, 5) is 22.3. The van der Waals surface area contributed by atoms with Crippen LogP contribution in [-0.2, 0) is 9.53 Å². The van der Waals surface area contributed by atoms with Crippen molar-refractivity contribution in [1.29, 1.82) is 0 Å². The van der Waals surface area contributed by atoms with Gasteiger partial charge in [-0.1, -0.05) is 0 Å². The molecule has 0 aliphatic rings. The van der Waals surface area contributed by atoms with Crippen molar-refractivity contribution in [2.75, 3.05) is 13.7 Å². The molecule has 0 saturated heterocycles. The van der Waals surface area contributed by atoms with Crippen LogP contribution in [0.4, 0.5) is 0 Å². The maximum absolute atomic E-state index is 11.5. The van der Waals surface area contributed by atoms with Crippen molar-refractivity contribution in [3.8, 4) is 0 Å². The van der Waals surface area contributed by atoms with Crippen molar-refractivity contribution in [2.24, 2.45) is 0 Å². The van der Waals surface area contributed by atoms with E-state index in [0.29, 0.717) is 29.6 Å². The Morgan fingerprint density at radius 2 is 2.31 bits per heavy atom. The molecule has 0 radical (unpaired) electrons. The van der Waals surface area contributed by atoms with Gasteiger partial charge in [0.2, 0.25) is 0 Å². The van der Waals surface area contributed by atoms with E-state index in [0.717, 1.165) is 0 Å². The number of hydrogen-bond acceptors (Lipinski definition) is 4. The van der Waals surface area contributed by atoms with Gasteiger partial charge in [-0.2, -0.15) is 0 Å². The number of carbonyl (C=O) groups excluding carboxylic acids is 2. The first-order valence-electron chi connectivity index (χ1n) is 4.73. The third-order valence-electron chi connectivity index (χ3n) is 1.93. The predicted molar refractivity (Wildman–Crippen MR) is 60.0 cm³/mol. The van der Waals surface area contributed by atoms with Crippen molar-refractivity contribution in [3.63, 3.8) is 0 Å². The minimum atomic E-state index is -0.279. The third kappa shape index (κ3) is 3.69. The minimum Gasteiger partial charge on any atom is -0.469 e. The largest absolute Gasteiger partial charge is 0.469 e. The molecular formula is C10H12BrNO4. The highest BCUT2D eigenvalue weighted by Gasteiger charge is 2.11. The maximum atomic E-state index is 11.5. The molecule has 1 heterocycles. The lowest BCUT2D eigenvalue weighted by atomic mass is 10.3. The number of carbonyl (C=O) groups is 2. The van der Waals surface area contributed by atoms with E-state index in [1.54, 1.807) is 6.07 Å². The molecule has 1 amide bonds. The van der Waals surface area contributed by atoms with Crippen molar-refractivity contribution >= 4 is 27.8 Å². The van der Waals surface area contributed by atoms with Crippen LogP contribution in [0.3, 0.4) is 0 Å². The Bertz CT molecular complexity index is 375. The lowest BCUT2D eigenvalue weighted by Crippen LogP contribution is -2.24. The fraction of sp³-hybridized carbons (Fsp3) is 0.400. The predicted octanol–water partition coefficient (Wildman–Crippen LogP) is 1.73. The molecule has 88 valence electrons. The summed E-state index contributed by atoms with van der Waals surface area (Å²) in [6.45, 7) is 0.422. The van der Waals surface area contributed by atoms with Crippen LogP contribution in [0.1, 0.15) is 23.2 Å². The molecule has 6 heteroatoms. The number of nitrogens with one attached hydrogen (secondary N) is 1. The molecule has 0 unspecified atom stereocenters. The minimum absolute atomic E-state index is 0.231. The van der Waals surface area contributed by atoms with Gasteiger partial charge in [0.25, 0.3) is 5.91 Å². The molecule has 5 nitrogen and oxygen atoms in total. The van der Waals surface area contributed by atoms with Gasteiger partial charge in [-0.25, -0.2) is 0 Å². The number of furan rings is 1. The van der Waals surface area contributed by atoms with E-state index in [1.807, 2.05) is 0 Å². The number of halogens is 1. The summed E-state index contributed by atoms with van der Waals surface area (Å²) >= 11 is 3.11. The van der Waals surface area contributed by atoms with Crippen LogP contribution in [0, 0.1) is 0 Å². The van der Waals surface area contributed by atoms with Gasteiger partial charge in [-0.05, 0) is 28.4 Å². The maximum Gasteiger partial charge on any atom is 0.305 e. The Morgan fingerprint density at radius 1 is 1.56 bits per heavy atom. The highest BCUT2D eigenvalue weighted by molar-refractivity contribution is 9.10. The van der Waals surface area contributed by atoms with Crippen molar-refractivity contribution < 1.29 is 18.7 Å². The van der Waals surface area contributed by atoms with Crippen molar-refractivity contribution in [2.45, 2.75) is 12.8 Å². The number of esters is 1. The number of ether oxygens (including phenoxy) is 1. The summed E-state index contributed by atoms with van der Waals surface area (Å²) in [6.07, 6.45) is 2.27. The molecule has 0 atom stereocenters. The average molecular weight is 290 g/mol. The summed E-state index contributed by atoms with van der Waals surface area (Å²) in [7, 11) is 1.34. The number of rotatable bonds is 5. The zero-order valence-corrected chi connectivity index (χ0v) is 10.4. The first kappa shape index (κ1) is 12.8. The van der Waals surface area contributed by atoms with Crippen LogP contribution < -0.4 is 5.32 Å². The van der Waals surface area contributed by atoms with Gasteiger partial charge in [0.1, 0.15) is 0 Å². The van der Waals surface area contributed by atoms with Gasteiger partial charge in [0.05, 0.1) is 18.9 Å². The van der Waals surface area contributed by atoms with Crippen LogP contribution in [0.2, 0.25) is 0 Å². The normalized spacial score (nSPS) is 9.88. The van der Waals surface area contributed by atoms with Crippen molar-refractivity contribution in [3.05, 3.63) is 22.6 Å². The fourth-order valence-electron chi connectivity index (χ4n) is 1.09. The molecule has 16 heavy (non-hydrogen) atoms. The molecule has 0 aliphatic carbocycles. The van der Waals surface area contributed by atoms with E-state index in [1.165, 1.54) is 13.4 Å². The van der Waals surface area contributed by atoms with Crippen LogP contribution in [-0.4, -0.2) is 25.5 Å². The molecule has 0 spiro atoms. The van der Waals surface area contributed by atoms with Gasteiger partial charge < -0.3 is 14.5 Å². The average Bonchev–Trinajstić information content (AvgIpc) is 2.70. The fourth-order valence-corrected chi connectivity index (χ4v) is 1.51. The molecule has 1 aromatic heterocycles. The van der Waals surface area contributed by atoms with Crippen LogP contribution in [0.5, 0.6) is 0 Å². The van der Waals surface area contributed by atoms with E-state index in [9.17, 15) is 9.59 Å². The molecule has 0 saturated carbocycles. The zero-order chi connectivity index (χ0) is 12.0. The number of amides is 1. The SMILES string of the molecule is COC(=O)CCCNC(=O)c1ccoc1Br. The summed E-state index contributed by atoms with van der Waals surface area (Å²) in [5.74, 6) is -0.510. The second-order valence-corrected chi connectivity index (χ2v) is 3.76. The molecule has 0 bridgehead atoms. The Hall–Kier alpha value is -1.30. The van der Waals surface area contributed by atoms with Crippen LogP contribution >= 0.6 is 15.9 Å². The summed E-state index contributed by atoms with van der Waals surface area (Å²) in [5.41, 5.74) is 0.443. The third-order valence-corrected chi connectivity index (χ3v) is 2.55. The standard InChI is InChI=1S/C10H12BrNO4/c1-15-8(13)3-2-5-12-10(14)7-4-6-16-9(7)11/h4,6H,2-3,5H2,1H3,(H,12,14). The van der Waals surface area contributed by atoms with Gasteiger partial charge >= 0.3 is 5.97 Å². The summed E-state index contributed by atoms with van der Waals surface area (Å²) < 4.78 is 9.80. The van der Waals surface area contributed by atoms with Gasteiger partial charge in [0, 0.05) is 13.0 Å². The highest BCUT2D eigenvalue weighted by atomic mass is 79.9. The Labute approximate surface area is 101 Å². The van der Waals surface area contributed by atoms with Gasteiger partial charge in [-0.15, -0.1) is 0 Å². The Morgan fingerprint density at radius 3 is 2.88 bits per heavy atom. The molecule has 0 aliphatic heterocycles. The Kier molecular flexibility index (Phi) is 5.04. The van der Waals surface area contributed by atoms with E-state index in [-0.39, 0.29) is 11.9 Å².